The summed E-state index contributed by atoms with van der Waals surface area (Å²) in [6, 6.07) is 25.9. The Morgan fingerprint density at radius 3 is 2.18 bits per heavy atom. The van der Waals surface area contributed by atoms with Crippen molar-refractivity contribution in [3.05, 3.63) is 132 Å². The number of fused-ring (bicyclic) bond motifs is 6. The molecule has 0 unspecified atom stereocenters. The number of ether oxygens (including phenoxy) is 2. The van der Waals surface area contributed by atoms with Gasteiger partial charge in [-0.3, -0.25) is 9.35 Å². The highest BCUT2D eigenvalue weighted by atomic mass is 32.2. The van der Waals surface area contributed by atoms with E-state index < -0.39 is 10.1 Å². The maximum atomic E-state index is 12.4. The average molecular weight is 833 g/mol. The normalized spacial score (nSPS) is 16.7. The second-order valence-corrected chi connectivity index (χ2v) is 18.3. The number of rotatable bonds is 21. The molecule has 2 aliphatic heterocycles. The maximum absolute atomic E-state index is 12.4. The van der Waals surface area contributed by atoms with Crippen molar-refractivity contribution in [1.29, 1.82) is 0 Å². The Hall–Kier alpha value is -4.87. The molecule has 2 aliphatic rings. The third-order valence-corrected chi connectivity index (χ3v) is 12.6. The Morgan fingerprint density at radius 1 is 0.767 bits per heavy atom. The molecule has 6 rings (SSSR count). The predicted octanol–water partition coefficient (Wildman–Crippen LogP) is 9.73. The number of amides is 1. The number of carbonyl (C=O) groups is 1. The van der Waals surface area contributed by atoms with Gasteiger partial charge in [-0.25, -0.2) is 0 Å². The van der Waals surface area contributed by atoms with Gasteiger partial charge in [0.1, 0.15) is 6.54 Å². The topological polar surface area (TPSA) is 108 Å². The van der Waals surface area contributed by atoms with Crippen molar-refractivity contribution in [2.45, 2.75) is 77.0 Å². The van der Waals surface area contributed by atoms with Gasteiger partial charge in [0.25, 0.3) is 10.1 Å². The molecule has 0 atom stereocenters. The van der Waals surface area contributed by atoms with Gasteiger partial charge in [-0.1, -0.05) is 98.8 Å². The largest absolute Gasteiger partial charge is 0.382 e. The summed E-state index contributed by atoms with van der Waals surface area (Å²) < 4.78 is 45.1. The van der Waals surface area contributed by atoms with Crippen molar-refractivity contribution in [1.82, 2.24) is 5.32 Å². The zero-order valence-electron chi connectivity index (χ0n) is 36.0. The summed E-state index contributed by atoms with van der Waals surface area (Å²) in [6.07, 6.45) is 19.1. The Bertz CT molecular complexity index is 2420. The lowest BCUT2D eigenvalue weighted by atomic mass is 9.79. The minimum Gasteiger partial charge on any atom is -0.382 e. The van der Waals surface area contributed by atoms with E-state index in [-0.39, 0.29) is 22.5 Å². The van der Waals surface area contributed by atoms with Crippen molar-refractivity contribution in [3.63, 3.8) is 0 Å². The van der Waals surface area contributed by atoms with Crippen LogP contribution in [0.1, 0.15) is 77.3 Å². The molecule has 10 heteroatoms. The molecule has 0 aliphatic carbocycles. The summed E-state index contributed by atoms with van der Waals surface area (Å²) in [4.78, 5) is 14.7. The van der Waals surface area contributed by atoms with Crippen LogP contribution in [0.3, 0.4) is 0 Å². The number of nitrogens with one attached hydrogen (secondary N) is 1. The average Bonchev–Trinajstić information content (AvgIpc) is 3.58. The van der Waals surface area contributed by atoms with E-state index in [1.807, 2.05) is 0 Å². The Balaban J connectivity index is 1.16. The Labute approximate surface area is 356 Å². The van der Waals surface area contributed by atoms with E-state index in [1.54, 1.807) is 7.11 Å². The number of methoxy groups -OCH3 is 1. The Kier molecular flexibility index (Phi) is 15.0. The molecule has 2 heterocycles. The first kappa shape index (κ1) is 44.7. The van der Waals surface area contributed by atoms with Crippen LogP contribution in [0.5, 0.6) is 0 Å². The van der Waals surface area contributed by atoms with Crippen LogP contribution in [0.2, 0.25) is 0 Å². The number of carbonyl (C=O) groups excluding carboxylic acids is 1. The van der Waals surface area contributed by atoms with Gasteiger partial charge in [-0.2, -0.15) is 13.0 Å². The van der Waals surface area contributed by atoms with Gasteiger partial charge < -0.3 is 19.7 Å². The summed E-state index contributed by atoms with van der Waals surface area (Å²) in [6.45, 7) is 12.7. The maximum Gasteiger partial charge on any atom is 0.264 e. The van der Waals surface area contributed by atoms with Crippen LogP contribution in [-0.2, 0) is 35.2 Å². The molecular weight excluding hydrogens is 771 g/mol. The summed E-state index contributed by atoms with van der Waals surface area (Å²) in [5, 5.41) is 7.88. The number of hydrogen-bond acceptors (Lipinski definition) is 6. The van der Waals surface area contributed by atoms with E-state index in [4.69, 9.17) is 9.47 Å². The van der Waals surface area contributed by atoms with Crippen LogP contribution in [0.25, 0.3) is 21.5 Å². The van der Waals surface area contributed by atoms with Gasteiger partial charge in [0, 0.05) is 67.5 Å². The molecule has 9 nitrogen and oxygen atoms in total. The van der Waals surface area contributed by atoms with Gasteiger partial charge in [0.15, 0.2) is 5.71 Å². The van der Waals surface area contributed by atoms with Crippen molar-refractivity contribution in [3.8, 4) is 0 Å². The molecule has 0 aromatic heterocycles. The molecule has 60 heavy (non-hydrogen) atoms. The molecular formula is C50H62N3O6S+. The molecule has 318 valence electrons. The van der Waals surface area contributed by atoms with Gasteiger partial charge in [0.2, 0.25) is 11.6 Å². The Morgan fingerprint density at radius 2 is 1.45 bits per heavy atom. The summed E-state index contributed by atoms with van der Waals surface area (Å²) in [7, 11) is -2.36. The van der Waals surface area contributed by atoms with E-state index in [2.05, 4.69) is 158 Å². The van der Waals surface area contributed by atoms with E-state index in [0.29, 0.717) is 52.2 Å². The standard InChI is InChI=1S/C50H61N3O6S/c1-49(2)44(52(42-29-27-38-20-13-15-22-40(38)47(42)49)32-17-9-12-26-46(54)51-31-34-59-36-35-58-5)24-10-7-6-8-11-25-45-50(3,4)48-41-23-16-14-21-39(41)28-30-43(48)53(45)33-18-19-37-60(55,56)57/h6-8,10-11,13-16,20-25,27-30H,9,12,17-19,26,31-37H2,1-5H3,(H-,51,54,55,56,57)/p+1. The van der Waals surface area contributed by atoms with Crippen molar-refractivity contribution in [2.24, 2.45) is 0 Å². The second-order valence-electron chi connectivity index (χ2n) is 16.7. The molecule has 2 N–H and O–H groups in total. The molecule has 1 amide bonds. The van der Waals surface area contributed by atoms with Gasteiger partial charge in [-0.05, 0) is 84.8 Å². The molecule has 0 saturated carbocycles. The minimum absolute atomic E-state index is 0.0634. The third kappa shape index (κ3) is 10.5. The monoisotopic (exact) mass is 832 g/mol. The number of benzene rings is 4. The zero-order chi connectivity index (χ0) is 42.8. The first-order valence-corrected chi connectivity index (χ1v) is 22.9. The fraction of sp³-hybridized carbons (Fsp3) is 0.400. The molecule has 0 radical (unpaired) electrons. The molecule has 0 saturated heterocycles. The smallest absolute Gasteiger partial charge is 0.264 e. The van der Waals surface area contributed by atoms with Crippen LogP contribution in [-0.4, -0.2) is 81.5 Å². The van der Waals surface area contributed by atoms with Gasteiger partial charge >= 0.3 is 0 Å². The first-order valence-electron chi connectivity index (χ1n) is 21.3. The van der Waals surface area contributed by atoms with Crippen LogP contribution in [0.15, 0.2) is 121 Å². The number of allylic oxidation sites excluding steroid dienone is 8. The van der Waals surface area contributed by atoms with E-state index >= 15 is 0 Å². The highest BCUT2D eigenvalue weighted by molar-refractivity contribution is 7.85. The molecule has 0 bridgehead atoms. The SMILES string of the molecule is COCCOCCNC(=O)CCCCC[N+]1=C(C=CC=CC=CC=C2N(CCCCS(=O)(=O)O)c3ccc4ccccc4c3C2(C)C)C(C)(C)c2c1ccc1ccccc21. The summed E-state index contributed by atoms with van der Waals surface area (Å²) >= 11 is 0. The van der Waals surface area contributed by atoms with Crippen LogP contribution >= 0.6 is 0 Å². The van der Waals surface area contributed by atoms with Gasteiger partial charge in [-0.15, -0.1) is 0 Å². The molecule has 0 fully saturated rings. The number of nitrogens with zero attached hydrogens (tertiary/aromatic N) is 2. The van der Waals surface area contributed by atoms with Crippen LogP contribution in [0.4, 0.5) is 11.4 Å². The lowest BCUT2D eigenvalue weighted by Gasteiger charge is -2.27. The fourth-order valence-electron chi connectivity index (χ4n) is 8.92. The minimum atomic E-state index is -4.00. The van der Waals surface area contributed by atoms with E-state index in [9.17, 15) is 17.8 Å². The fourth-order valence-corrected chi connectivity index (χ4v) is 9.49. The predicted molar refractivity (Wildman–Crippen MR) is 246 cm³/mol. The first-order chi connectivity index (χ1) is 28.8. The quantitative estimate of drug-likeness (QED) is 0.0373. The second kappa shape index (κ2) is 20.1. The third-order valence-electron chi connectivity index (χ3n) is 11.8. The van der Waals surface area contributed by atoms with Gasteiger partial charge in [0.05, 0.1) is 31.0 Å². The van der Waals surface area contributed by atoms with Crippen molar-refractivity contribution >= 4 is 54.7 Å². The van der Waals surface area contributed by atoms with Crippen molar-refractivity contribution < 1.29 is 31.8 Å². The van der Waals surface area contributed by atoms with E-state index in [0.717, 1.165) is 37.2 Å². The summed E-state index contributed by atoms with van der Waals surface area (Å²) in [5.74, 6) is -0.176. The highest BCUT2D eigenvalue weighted by Crippen LogP contribution is 2.51. The number of hydrogen-bond donors (Lipinski definition) is 2. The van der Waals surface area contributed by atoms with Crippen molar-refractivity contribution in [2.75, 3.05) is 57.2 Å². The highest BCUT2D eigenvalue weighted by Gasteiger charge is 2.45. The zero-order valence-corrected chi connectivity index (χ0v) is 36.8. The lowest BCUT2D eigenvalue weighted by molar-refractivity contribution is -0.438. The number of unbranched alkanes of at least 4 members (excludes halogenated alkanes) is 3. The molecule has 0 spiro atoms. The number of anilines is 1. The van der Waals surface area contributed by atoms with E-state index in [1.165, 1.54) is 44.1 Å². The summed E-state index contributed by atoms with van der Waals surface area (Å²) in [5.41, 5.74) is 6.89. The molecule has 4 aromatic rings. The van der Waals surface area contributed by atoms with Crippen LogP contribution < -0.4 is 10.2 Å². The molecule has 4 aromatic carbocycles. The van der Waals surface area contributed by atoms with Crippen LogP contribution in [0, 0.1) is 0 Å². The lowest BCUT2D eigenvalue weighted by Crippen LogP contribution is -2.28.